The second-order valence-electron chi connectivity index (χ2n) is 5.61. The van der Waals surface area contributed by atoms with Gasteiger partial charge in [0, 0.05) is 12.6 Å². The standard InChI is InChI=1S/C14H26N2O/c1-3-15-12-8-6-10-16(14(12)17)13-9-5-4-7-11(13)2/h11-13,15H,3-10H2,1-2H3. The molecule has 1 saturated heterocycles. The molecular weight excluding hydrogens is 212 g/mol. The summed E-state index contributed by atoms with van der Waals surface area (Å²) in [6.45, 7) is 6.27. The van der Waals surface area contributed by atoms with E-state index in [0.29, 0.717) is 17.9 Å². The van der Waals surface area contributed by atoms with Gasteiger partial charge in [-0.2, -0.15) is 0 Å². The number of hydrogen-bond acceptors (Lipinski definition) is 2. The summed E-state index contributed by atoms with van der Waals surface area (Å²) in [5.41, 5.74) is 0. The summed E-state index contributed by atoms with van der Waals surface area (Å²) < 4.78 is 0. The van der Waals surface area contributed by atoms with Crippen LogP contribution in [0.1, 0.15) is 52.4 Å². The number of hydrogen-bond donors (Lipinski definition) is 1. The lowest BCUT2D eigenvalue weighted by Gasteiger charge is -2.42. The number of rotatable bonds is 3. The molecule has 2 fully saturated rings. The zero-order valence-corrected chi connectivity index (χ0v) is 11.2. The molecule has 1 amide bonds. The Labute approximate surface area is 105 Å². The molecule has 0 spiro atoms. The van der Waals surface area contributed by atoms with E-state index in [-0.39, 0.29) is 6.04 Å². The molecule has 0 radical (unpaired) electrons. The van der Waals surface area contributed by atoms with Gasteiger partial charge in [-0.05, 0) is 38.1 Å². The Morgan fingerprint density at radius 3 is 2.71 bits per heavy atom. The van der Waals surface area contributed by atoms with Crippen LogP contribution in [0.3, 0.4) is 0 Å². The fourth-order valence-electron chi connectivity index (χ4n) is 3.42. The fraction of sp³-hybridized carbons (Fsp3) is 0.929. The van der Waals surface area contributed by atoms with Crippen LogP contribution in [0.15, 0.2) is 0 Å². The lowest BCUT2D eigenvalue weighted by atomic mass is 9.83. The fourth-order valence-corrected chi connectivity index (χ4v) is 3.42. The van der Waals surface area contributed by atoms with Gasteiger partial charge in [-0.15, -0.1) is 0 Å². The van der Waals surface area contributed by atoms with E-state index in [2.05, 4.69) is 24.1 Å². The van der Waals surface area contributed by atoms with Gasteiger partial charge in [-0.3, -0.25) is 4.79 Å². The third kappa shape index (κ3) is 2.82. The molecule has 1 saturated carbocycles. The van der Waals surface area contributed by atoms with Crippen LogP contribution in [0, 0.1) is 5.92 Å². The highest BCUT2D eigenvalue weighted by Gasteiger charge is 2.35. The molecule has 17 heavy (non-hydrogen) atoms. The van der Waals surface area contributed by atoms with Crippen molar-refractivity contribution in [3.8, 4) is 0 Å². The number of likely N-dealkylation sites (N-methyl/N-ethyl adjacent to an activating group) is 1. The summed E-state index contributed by atoms with van der Waals surface area (Å²) in [5, 5.41) is 3.33. The maximum absolute atomic E-state index is 12.4. The maximum Gasteiger partial charge on any atom is 0.239 e. The van der Waals surface area contributed by atoms with Gasteiger partial charge in [-0.25, -0.2) is 0 Å². The zero-order valence-electron chi connectivity index (χ0n) is 11.2. The molecule has 1 aliphatic heterocycles. The monoisotopic (exact) mass is 238 g/mol. The van der Waals surface area contributed by atoms with E-state index in [1.165, 1.54) is 25.7 Å². The summed E-state index contributed by atoms with van der Waals surface area (Å²) in [6, 6.07) is 0.598. The number of carbonyl (C=O) groups excluding carboxylic acids is 1. The van der Waals surface area contributed by atoms with Crippen molar-refractivity contribution in [1.29, 1.82) is 0 Å². The highest BCUT2D eigenvalue weighted by Crippen LogP contribution is 2.30. The summed E-state index contributed by atoms with van der Waals surface area (Å²) in [4.78, 5) is 14.6. The van der Waals surface area contributed by atoms with Crippen molar-refractivity contribution in [2.24, 2.45) is 5.92 Å². The molecule has 3 unspecified atom stereocenters. The first-order valence-corrected chi connectivity index (χ1v) is 7.28. The van der Waals surface area contributed by atoms with Crippen molar-refractivity contribution < 1.29 is 4.79 Å². The van der Waals surface area contributed by atoms with Crippen LogP contribution in [-0.2, 0) is 4.79 Å². The van der Waals surface area contributed by atoms with Crippen molar-refractivity contribution >= 4 is 5.91 Å². The molecule has 0 aromatic heterocycles. The third-order valence-electron chi connectivity index (χ3n) is 4.39. The first kappa shape index (κ1) is 12.9. The van der Waals surface area contributed by atoms with Gasteiger partial charge in [-0.1, -0.05) is 26.7 Å². The Hall–Kier alpha value is -0.570. The average Bonchev–Trinajstić information content (AvgIpc) is 2.33. The normalized spacial score (nSPS) is 35.1. The van der Waals surface area contributed by atoms with Gasteiger partial charge in [0.15, 0.2) is 0 Å². The Kier molecular flexibility index (Phi) is 4.43. The minimum absolute atomic E-state index is 0.0860. The van der Waals surface area contributed by atoms with Crippen molar-refractivity contribution in [1.82, 2.24) is 10.2 Å². The second kappa shape index (κ2) is 5.85. The van der Waals surface area contributed by atoms with E-state index in [0.717, 1.165) is 25.9 Å². The quantitative estimate of drug-likeness (QED) is 0.817. The molecule has 1 heterocycles. The van der Waals surface area contributed by atoms with Gasteiger partial charge >= 0.3 is 0 Å². The summed E-state index contributed by atoms with van der Waals surface area (Å²) in [7, 11) is 0. The highest BCUT2D eigenvalue weighted by molar-refractivity contribution is 5.83. The molecule has 1 N–H and O–H groups in total. The number of nitrogens with one attached hydrogen (secondary N) is 1. The Morgan fingerprint density at radius 2 is 2.00 bits per heavy atom. The first-order chi connectivity index (χ1) is 8.24. The minimum atomic E-state index is 0.0860. The number of carbonyl (C=O) groups is 1. The molecule has 2 aliphatic rings. The lowest BCUT2D eigenvalue weighted by Crippen LogP contribution is -2.56. The largest absolute Gasteiger partial charge is 0.338 e. The first-order valence-electron chi connectivity index (χ1n) is 7.28. The molecule has 2 rings (SSSR count). The second-order valence-corrected chi connectivity index (χ2v) is 5.61. The molecule has 3 heteroatoms. The Balaban J connectivity index is 2.01. The van der Waals surface area contributed by atoms with E-state index in [1.54, 1.807) is 0 Å². The van der Waals surface area contributed by atoms with E-state index in [9.17, 15) is 4.79 Å². The van der Waals surface area contributed by atoms with Gasteiger partial charge < -0.3 is 10.2 Å². The summed E-state index contributed by atoms with van der Waals surface area (Å²) >= 11 is 0. The van der Waals surface area contributed by atoms with E-state index in [4.69, 9.17) is 0 Å². The van der Waals surface area contributed by atoms with Gasteiger partial charge in [0.2, 0.25) is 5.91 Å². The van der Waals surface area contributed by atoms with Gasteiger partial charge in [0.25, 0.3) is 0 Å². The number of piperidine rings is 1. The summed E-state index contributed by atoms with van der Waals surface area (Å²) in [5.74, 6) is 1.05. The Morgan fingerprint density at radius 1 is 1.24 bits per heavy atom. The van der Waals surface area contributed by atoms with Crippen molar-refractivity contribution in [3.05, 3.63) is 0 Å². The number of likely N-dealkylation sites (tertiary alicyclic amines) is 1. The molecular formula is C14H26N2O. The summed E-state index contributed by atoms with van der Waals surface area (Å²) in [6.07, 6.45) is 7.32. The number of amides is 1. The van der Waals surface area contributed by atoms with Crippen LogP contribution in [0.25, 0.3) is 0 Å². The SMILES string of the molecule is CCNC1CCCN(C2CCCCC2C)C1=O. The smallest absolute Gasteiger partial charge is 0.239 e. The van der Waals surface area contributed by atoms with Crippen LogP contribution in [0.2, 0.25) is 0 Å². The van der Waals surface area contributed by atoms with Gasteiger partial charge in [0.05, 0.1) is 6.04 Å². The van der Waals surface area contributed by atoms with Crippen molar-refractivity contribution in [2.45, 2.75) is 64.5 Å². The average molecular weight is 238 g/mol. The molecule has 3 atom stereocenters. The molecule has 0 aromatic rings. The zero-order chi connectivity index (χ0) is 12.3. The van der Waals surface area contributed by atoms with E-state index in [1.807, 2.05) is 0 Å². The predicted molar refractivity (Wildman–Crippen MR) is 69.8 cm³/mol. The molecule has 1 aliphatic carbocycles. The van der Waals surface area contributed by atoms with Crippen molar-refractivity contribution in [3.63, 3.8) is 0 Å². The number of nitrogens with zero attached hydrogens (tertiary/aromatic N) is 1. The van der Waals surface area contributed by atoms with Crippen molar-refractivity contribution in [2.75, 3.05) is 13.1 Å². The molecule has 3 nitrogen and oxygen atoms in total. The topological polar surface area (TPSA) is 32.3 Å². The van der Waals surface area contributed by atoms with Crippen LogP contribution in [-0.4, -0.2) is 36.0 Å². The third-order valence-corrected chi connectivity index (χ3v) is 4.39. The molecule has 0 aromatic carbocycles. The Bertz CT molecular complexity index is 265. The molecule has 98 valence electrons. The van der Waals surface area contributed by atoms with E-state index < -0.39 is 0 Å². The van der Waals surface area contributed by atoms with Crippen LogP contribution in [0.4, 0.5) is 0 Å². The maximum atomic E-state index is 12.4. The van der Waals surface area contributed by atoms with E-state index >= 15 is 0 Å². The highest BCUT2D eigenvalue weighted by atomic mass is 16.2. The predicted octanol–water partition coefficient (Wildman–Crippen LogP) is 2.17. The minimum Gasteiger partial charge on any atom is -0.338 e. The molecule has 0 bridgehead atoms. The van der Waals surface area contributed by atoms with Crippen LogP contribution < -0.4 is 5.32 Å². The van der Waals surface area contributed by atoms with Crippen LogP contribution >= 0.6 is 0 Å². The van der Waals surface area contributed by atoms with Gasteiger partial charge in [0.1, 0.15) is 0 Å². The lowest BCUT2D eigenvalue weighted by molar-refractivity contribution is -0.140. The van der Waals surface area contributed by atoms with Crippen LogP contribution in [0.5, 0.6) is 0 Å².